The van der Waals surface area contributed by atoms with Crippen LogP contribution in [0.15, 0.2) is 0 Å². The summed E-state index contributed by atoms with van der Waals surface area (Å²) in [6.45, 7) is 3.52. The fourth-order valence-corrected chi connectivity index (χ4v) is 1.24. The predicted molar refractivity (Wildman–Crippen MR) is 40.5 cm³/mol. The molecule has 1 aliphatic rings. The minimum absolute atomic E-state index is 0.886. The predicted octanol–water partition coefficient (Wildman–Crippen LogP) is 1.93. The van der Waals surface area contributed by atoms with E-state index in [0.717, 1.165) is 6.04 Å². The normalized spacial score (nSPS) is 25.7. The highest BCUT2D eigenvalue weighted by Gasteiger charge is 2.14. The summed E-state index contributed by atoms with van der Waals surface area (Å²) in [6, 6.07) is 0.886. The number of hydrogen-bond donors (Lipinski definition) is 1. The van der Waals surface area contributed by atoms with Crippen molar-refractivity contribution < 1.29 is 0 Å². The molecule has 0 radical (unpaired) electrons. The van der Waals surface area contributed by atoms with Gasteiger partial charge < -0.3 is 5.32 Å². The molecule has 0 aromatic carbocycles. The summed E-state index contributed by atoms with van der Waals surface area (Å²) < 4.78 is 0. The van der Waals surface area contributed by atoms with Crippen molar-refractivity contribution in [2.45, 2.75) is 45.1 Å². The van der Waals surface area contributed by atoms with Gasteiger partial charge in [-0.15, -0.1) is 0 Å². The van der Waals surface area contributed by atoms with E-state index in [9.17, 15) is 0 Å². The second kappa shape index (κ2) is 3.89. The summed E-state index contributed by atoms with van der Waals surface area (Å²) >= 11 is 0. The standard InChI is InChI=1S/C8H17N/c1-2-3-4-5-8-6-7-9-8/h8-9H,2-7H2,1H3. The number of rotatable bonds is 4. The lowest BCUT2D eigenvalue weighted by Gasteiger charge is -2.27. The second-order valence-corrected chi connectivity index (χ2v) is 2.94. The summed E-state index contributed by atoms with van der Waals surface area (Å²) in [6.07, 6.45) is 7.02. The maximum absolute atomic E-state index is 3.40. The van der Waals surface area contributed by atoms with Gasteiger partial charge in [0.25, 0.3) is 0 Å². The maximum atomic E-state index is 3.40. The molecule has 0 aliphatic carbocycles. The first kappa shape index (κ1) is 7.07. The largest absolute Gasteiger partial charge is 0.314 e. The van der Waals surface area contributed by atoms with Gasteiger partial charge in [-0.05, 0) is 19.4 Å². The number of nitrogens with one attached hydrogen (secondary N) is 1. The summed E-state index contributed by atoms with van der Waals surface area (Å²) in [5.74, 6) is 0. The third kappa shape index (κ3) is 2.35. The second-order valence-electron chi connectivity index (χ2n) is 2.94. The smallest absolute Gasteiger partial charge is 0.00791 e. The van der Waals surface area contributed by atoms with Crippen LogP contribution in [0, 0.1) is 0 Å². The van der Waals surface area contributed by atoms with Crippen molar-refractivity contribution in [3.8, 4) is 0 Å². The summed E-state index contributed by atoms with van der Waals surface area (Å²) in [7, 11) is 0. The van der Waals surface area contributed by atoms with Crippen molar-refractivity contribution in [3.63, 3.8) is 0 Å². The van der Waals surface area contributed by atoms with Crippen LogP contribution in [0.3, 0.4) is 0 Å². The first-order chi connectivity index (χ1) is 4.43. The lowest BCUT2D eigenvalue weighted by molar-refractivity contribution is 0.341. The van der Waals surface area contributed by atoms with E-state index in [1.807, 2.05) is 0 Å². The van der Waals surface area contributed by atoms with Gasteiger partial charge in [0.15, 0.2) is 0 Å². The van der Waals surface area contributed by atoms with Crippen LogP contribution in [0.5, 0.6) is 0 Å². The molecule has 1 heteroatoms. The Morgan fingerprint density at radius 2 is 2.22 bits per heavy atom. The highest BCUT2D eigenvalue weighted by molar-refractivity contribution is 4.76. The van der Waals surface area contributed by atoms with Gasteiger partial charge in [0, 0.05) is 6.04 Å². The number of unbranched alkanes of at least 4 members (excludes halogenated alkanes) is 2. The fourth-order valence-electron chi connectivity index (χ4n) is 1.24. The molecule has 0 aromatic heterocycles. The molecule has 1 N–H and O–H groups in total. The van der Waals surface area contributed by atoms with E-state index in [1.165, 1.54) is 38.6 Å². The van der Waals surface area contributed by atoms with Gasteiger partial charge in [0.2, 0.25) is 0 Å². The van der Waals surface area contributed by atoms with Crippen LogP contribution in [0.1, 0.15) is 39.0 Å². The average molecular weight is 127 g/mol. The first-order valence-electron chi connectivity index (χ1n) is 4.17. The van der Waals surface area contributed by atoms with E-state index in [1.54, 1.807) is 0 Å². The van der Waals surface area contributed by atoms with Gasteiger partial charge >= 0.3 is 0 Å². The zero-order valence-corrected chi connectivity index (χ0v) is 6.32. The quantitative estimate of drug-likeness (QED) is 0.569. The van der Waals surface area contributed by atoms with E-state index in [4.69, 9.17) is 0 Å². The van der Waals surface area contributed by atoms with Gasteiger partial charge in [-0.25, -0.2) is 0 Å². The molecule has 1 nitrogen and oxygen atoms in total. The van der Waals surface area contributed by atoms with Crippen molar-refractivity contribution in [3.05, 3.63) is 0 Å². The zero-order chi connectivity index (χ0) is 6.53. The highest BCUT2D eigenvalue weighted by Crippen LogP contribution is 2.10. The zero-order valence-electron chi connectivity index (χ0n) is 6.32. The Morgan fingerprint density at radius 1 is 1.44 bits per heavy atom. The SMILES string of the molecule is CCCCCC1CCN1. The van der Waals surface area contributed by atoms with Gasteiger partial charge in [-0.1, -0.05) is 26.2 Å². The molecule has 1 saturated heterocycles. The summed E-state index contributed by atoms with van der Waals surface area (Å²) in [4.78, 5) is 0. The summed E-state index contributed by atoms with van der Waals surface area (Å²) in [5, 5.41) is 3.40. The third-order valence-corrected chi connectivity index (χ3v) is 2.08. The molecule has 0 spiro atoms. The Kier molecular flexibility index (Phi) is 3.05. The van der Waals surface area contributed by atoms with Gasteiger partial charge in [0.1, 0.15) is 0 Å². The molecule has 1 heterocycles. The van der Waals surface area contributed by atoms with E-state index >= 15 is 0 Å². The molecule has 54 valence electrons. The van der Waals surface area contributed by atoms with Gasteiger partial charge in [-0.2, -0.15) is 0 Å². The van der Waals surface area contributed by atoms with E-state index < -0.39 is 0 Å². The maximum Gasteiger partial charge on any atom is 0.00791 e. The van der Waals surface area contributed by atoms with Crippen LogP contribution in [0.4, 0.5) is 0 Å². The molecular weight excluding hydrogens is 110 g/mol. The lowest BCUT2D eigenvalue weighted by atomic mass is 10.0. The molecule has 0 amide bonds. The lowest BCUT2D eigenvalue weighted by Crippen LogP contribution is -2.42. The highest BCUT2D eigenvalue weighted by atomic mass is 15.0. The molecule has 1 fully saturated rings. The van der Waals surface area contributed by atoms with Crippen LogP contribution in [0.2, 0.25) is 0 Å². The molecule has 1 aliphatic heterocycles. The van der Waals surface area contributed by atoms with Crippen LogP contribution in [0.25, 0.3) is 0 Å². The Labute approximate surface area is 57.8 Å². The van der Waals surface area contributed by atoms with Crippen molar-refractivity contribution in [2.24, 2.45) is 0 Å². The Balaban J connectivity index is 1.80. The van der Waals surface area contributed by atoms with Gasteiger partial charge in [0.05, 0.1) is 0 Å². The molecule has 0 aromatic rings. The van der Waals surface area contributed by atoms with E-state index in [-0.39, 0.29) is 0 Å². The monoisotopic (exact) mass is 127 g/mol. The van der Waals surface area contributed by atoms with Gasteiger partial charge in [-0.3, -0.25) is 0 Å². The topological polar surface area (TPSA) is 12.0 Å². The Morgan fingerprint density at radius 3 is 2.67 bits per heavy atom. The fraction of sp³-hybridized carbons (Fsp3) is 1.00. The minimum atomic E-state index is 0.886. The first-order valence-corrected chi connectivity index (χ1v) is 4.17. The molecular formula is C8H17N. The molecule has 0 saturated carbocycles. The summed E-state index contributed by atoms with van der Waals surface area (Å²) in [5.41, 5.74) is 0. The minimum Gasteiger partial charge on any atom is -0.314 e. The number of hydrogen-bond acceptors (Lipinski definition) is 1. The van der Waals surface area contributed by atoms with Crippen LogP contribution < -0.4 is 5.32 Å². The van der Waals surface area contributed by atoms with E-state index in [2.05, 4.69) is 12.2 Å². The molecule has 9 heavy (non-hydrogen) atoms. The van der Waals surface area contributed by atoms with Crippen molar-refractivity contribution in [1.82, 2.24) is 5.32 Å². The van der Waals surface area contributed by atoms with Crippen molar-refractivity contribution >= 4 is 0 Å². The molecule has 1 unspecified atom stereocenters. The van der Waals surface area contributed by atoms with E-state index in [0.29, 0.717) is 0 Å². The molecule has 1 atom stereocenters. The Bertz CT molecular complexity index is 67.0. The molecule has 1 rings (SSSR count). The molecule has 0 bridgehead atoms. The van der Waals surface area contributed by atoms with Crippen LogP contribution in [-0.4, -0.2) is 12.6 Å². The average Bonchev–Trinajstić information content (AvgIpc) is 1.76. The van der Waals surface area contributed by atoms with Crippen molar-refractivity contribution in [2.75, 3.05) is 6.54 Å². The Hall–Kier alpha value is -0.0400. The third-order valence-electron chi connectivity index (χ3n) is 2.08. The van der Waals surface area contributed by atoms with Crippen molar-refractivity contribution in [1.29, 1.82) is 0 Å². The van der Waals surface area contributed by atoms with Crippen LogP contribution >= 0.6 is 0 Å². The van der Waals surface area contributed by atoms with Crippen LogP contribution in [-0.2, 0) is 0 Å².